The predicted octanol–water partition coefficient (Wildman–Crippen LogP) is -1.18. The molecule has 6 nitrogen and oxygen atoms in total. The van der Waals surface area contributed by atoms with Crippen LogP contribution in [0, 0.1) is 0 Å². The van der Waals surface area contributed by atoms with Gasteiger partial charge in [-0.1, -0.05) is 6.07 Å². The number of carbonyl (C=O) groups excluding carboxylic acids is 2. The molecular weight excluding hydrogens is 220 g/mol. The Kier molecular flexibility index (Phi) is 5.67. The Bertz CT molecular complexity index is 367. The van der Waals surface area contributed by atoms with Crippen molar-refractivity contribution in [1.29, 1.82) is 0 Å². The Morgan fingerprint density at radius 3 is 2.71 bits per heavy atom. The van der Waals surface area contributed by atoms with Crippen molar-refractivity contribution in [3.8, 4) is 0 Å². The van der Waals surface area contributed by atoms with Crippen molar-refractivity contribution >= 4 is 11.8 Å². The van der Waals surface area contributed by atoms with Gasteiger partial charge in [0.2, 0.25) is 11.8 Å². The lowest BCUT2D eigenvalue weighted by Gasteiger charge is -2.05. The van der Waals surface area contributed by atoms with E-state index in [2.05, 4.69) is 15.6 Å². The topological polar surface area (TPSA) is 97.1 Å². The number of hydrogen-bond donors (Lipinski definition) is 3. The Morgan fingerprint density at radius 2 is 2.06 bits per heavy atom. The summed E-state index contributed by atoms with van der Waals surface area (Å²) in [7, 11) is 0. The molecule has 0 spiro atoms. The second-order valence-corrected chi connectivity index (χ2v) is 3.40. The first-order valence-electron chi connectivity index (χ1n) is 5.35. The van der Waals surface area contributed by atoms with Crippen molar-refractivity contribution in [2.45, 2.75) is 6.42 Å². The monoisotopic (exact) mass is 236 g/mol. The largest absolute Gasteiger partial charge is 0.354 e. The van der Waals surface area contributed by atoms with Gasteiger partial charge in [-0.3, -0.25) is 14.6 Å². The lowest BCUT2D eigenvalue weighted by molar-refractivity contribution is -0.125. The van der Waals surface area contributed by atoms with Crippen LogP contribution >= 0.6 is 0 Å². The number of aromatic nitrogens is 1. The van der Waals surface area contributed by atoms with Crippen LogP contribution in [-0.4, -0.2) is 36.4 Å². The summed E-state index contributed by atoms with van der Waals surface area (Å²) < 4.78 is 0. The van der Waals surface area contributed by atoms with Crippen LogP contribution in [0.5, 0.6) is 0 Å². The Morgan fingerprint density at radius 1 is 1.24 bits per heavy atom. The molecule has 0 aliphatic rings. The number of nitrogens with zero attached hydrogens (tertiary/aromatic N) is 1. The number of hydrogen-bond acceptors (Lipinski definition) is 4. The van der Waals surface area contributed by atoms with Gasteiger partial charge in [-0.2, -0.15) is 0 Å². The second kappa shape index (κ2) is 7.34. The molecule has 0 aliphatic heterocycles. The fourth-order valence-corrected chi connectivity index (χ4v) is 1.19. The lowest BCUT2D eigenvalue weighted by atomic mass is 10.3. The van der Waals surface area contributed by atoms with E-state index < -0.39 is 0 Å². The molecule has 17 heavy (non-hydrogen) atoms. The Labute approximate surface area is 99.6 Å². The van der Waals surface area contributed by atoms with Gasteiger partial charge in [-0.25, -0.2) is 0 Å². The summed E-state index contributed by atoms with van der Waals surface area (Å²) in [5.74, 6) is -0.576. The molecular formula is C11H16N4O2. The van der Waals surface area contributed by atoms with Crippen LogP contribution < -0.4 is 16.4 Å². The van der Waals surface area contributed by atoms with Gasteiger partial charge in [0, 0.05) is 24.9 Å². The maximum absolute atomic E-state index is 11.3. The molecule has 1 rings (SSSR count). The van der Waals surface area contributed by atoms with Gasteiger partial charge in [0.05, 0.1) is 13.1 Å². The number of rotatable bonds is 6. The second-order valence-electron chi connectivity index (χ2n) is 3.40. The molecule has 1 aromatic rings. The van der Waals surface area contributed by atoms with Crippen molar-refractivity contribution in [1.82, 2.24) is 15.6 Å². The van der Waals surface area contributed by atoms with E-state index in [9.17, 15) is 9.59 Å². The molecule has 0 atom stereocenters. The number of nitrogens with one attached hydrogen (secondary N) is 2. The molecule has 1 heterocycles. The third kappa shape index (κ3) is 5.62. The van der Waals surface area contributed by atoms with E-state index in [1.54, 1.807) is 6.20 Å². The van der Waals surface area contributed by atoms with Gasteiger partial charge < -0.3 is 16.4 Å². The number of amides is 2. The highest BCUT2D eigenvalue weighted by molar-refractivity contribution is 5.85. The first-order chi connectivity index (χ1) is 8.22. The minimum Gasteiger partial charge on any atom is -0.354 e. The molecule has 2 amide bonds. The minimum absolute atomic E-state index is 0.0434. The van der Waals surface area contributed by atoms with E-state index in [1.165, 1.54) is 0 Å². The third-order valence-electron chi connectivity index (χ3n) is 2.06. The molecule has 0 bridgehead atoms. The highest BCUT2D eigenvalue weighted by Gasteiger charge is 2.03. The van der Waals surface area contributed by atoms with Crippen LogP contribution in [0.2, 0.25) is 0 Å². The highest BCUT2D eigenvalue weighted by Crippen LogP contribution is 1.92. The SMILES string of the molecule is NCC(=O)NCC(=O)NCCc1ccccn1. The maximum atomic E-state index is 11.3. The minimum atomic E-state index is -0.343. The van der Waals surface area contributed by atoms with Crippen LogP contribution in [-0.2, 0) is 16.0 Å². The highest BCUT2D eigenvalue weighted by atomic mass is 16.2. The van der Waals surface area contributed by atoms with E-state index in [4.69, 9.17) is 5.73 Å². The van der Waals surface area contributed by atoms with E-state index >= 15 is 0 Å². The van der Waals surface area contributed by atoms with Crippen molar-refractivity contribution in [2.24, 2.45) is 5.73 Å². The van der Waals surface area contributed by atoms with Crippen LogP contribution in [0.25, 0.3) is 0 Å². The molecule has 4 N–H and O–H groups in total. The quantitative estimate of drug-likeness (QED) is 0.579. The van der Waals surface area contributed by atoms with Crippen molar-refractivity contribution in [3.63, 3.8) is 0 Å². The summed E-state index contributed by atoms with van der Waals surface area (Å²) in [6, 6.07) is 5.62. The molecule has 0 aromatic carbocycles. The molecule has 0 aliphatic carbocycles. The standard InChI is InChI=1S/C11H16N4O2/c12-7-10(16)15-8-11(17)14-6-4-9-3-1-2-5-13-9/h1-3,5H,4,6-8,12H2,(H,14,17)(H,15,16). The van der Waals surface area contributed by atoms with E-state index in [1.807, 2.05) is 18.2 Å². The normalized spacial score (nSPS) is 9.71. The van der Waals surface area contributed by atoms with Gasteiger partial charge in [0.15, 0.2) is 0 Å². The van der Waals surface area contributed by atoms with Gasteiger partial charge in [0.1, 0.15) is 0 Å². The molecule has 0 saturated heterocycles. The fourth-order valence-electron chi connectivity index (χ4n) is 1.19. The van der Waals surface area contributed by atoms with Crippen molar-refractivity contribution in [3.05, 3.63) is 30.1 Å². The summed E-state index contributed by atoms with van der Waals surface area (Å²) in [4.78, 5) is 26.2. The summed E-state index contributed by atoms with van der Waals surface area (Å²) in [5, 5.41) is 5.07. The van der Waals surface area contributed by atoms with Crippen LogP contribution in [0.3, 0.4) is 0 Å². The molecule has 0 fully saturated rings. The number of carbonyl (C=O) groups is 2. The summed E-state index contributed by atoms with van der Waals surface area (Å²) in [6.45, 7) is 0.341. The Hall–Kier alpha value is -1.95. The Balaban J connectivity index is 2.14. The number of nitrogens with two attached hydrogens (primary N) is 1. The molecule has 1 aromatic heterocycles. The molecule has 0 unspecified atom stereocenters. The zero-order chi connectivity index (χ0) is 12.5. The summed E-state index contributed by atoms with van der Waals surface area (Å²) in [5.41, 5.74) is 6.00. The average molecular weight is 236 g/mol. The first kappa shape index (κ1) is 13.1. The lowest BCUT2D eigenvalue weighted by Crippen LogP contribution is -2.40. The molecule has 6 heteroatoms. The van der Waals surface area contributed by atoms with E-state index in [0.717, 1.165) is 5.69 Å². The fraction of sp³-hybridized carbons (Fsp3) is 0.364. The van der Waals surface area contributed by atoms with Crippen LogP contribution in [0.1, 0.15) is 5.69 Å². The van der Waals surface area contributed by atoms with Gasteiger partial charge in [0.25, 0.3) is 0 Å². The molecule has 0 radical (unpaired) electrons. The van der Waals surface area contributed by atoms with Gasteiger partial charge in [-0.05, 0) is 12.1 Å². The zero-order valence-electron chi connectivity index (χ0n) is 9.48. The summed E-state index contributed by atoms with van der Waals surface area (Å²) >= 11 is 0. The summed E-state index contributed by atoms with van der Waals surface area (Å²) in [6.07, 6.45) is 2.37. The van der Waals surface area contributed by atoms with Crippen molar-refractivity contribution in [2.75, 3.05) is 19.6 Å². The predicted molar refractivity (Wildman–Crippen MR) is 63.0 cm³/mol. The van der Waals surface area contributed by atoms with Gasteiger partial charge >= 0.3 is 0 Å². The maximum Gasteiger partial charge on any atom is 0.239 e. The molecule has 0 saturated carbocycles. The van der Waals surface area contributed by atoms with E-state index in [0.29, 0.717) is 13.0 Å². The zero-order valence-corrected chi connectivity index (χ0v) is 9.48. The van der Waals surface area contributed by atoms with Crippen molar-refractivity contribution < 1.29 is 9.59 Å². The van der Waals surface area contributed by atoms with Gasteiger partial charge in [-0.15, -0.1) is 0 Å². The average Bonchev–Trinajstić information content (AvgIpc) is 2.37. The third-order valence-corrected chi connectivity index (χ3v) is 2.06. The smallest absolute Gasteiger partial charge is 0.239 e. The van der Waals surface area contributed by atoms with Crippen LogP contribution in [0.15, 0.2) is 24.4 Å². The number of pyridine rings is 1. The van der Waals surface area contributed by atoms with E-state index in [-0.39, 0.29) is 24.9 Å². The molecule has 92 valence electrons. The van der Waals surface area contributed by atoms with Crippen LogP contribution in [0.4, 0.5) is 0 Å². The first-order valence-corrected chi connectivity index (χ1v) is 5.35.